The molecule has 0 bridgehead atoms. The molecule has 3 heterocycles. The number of aromatic amines is 1. The molecule has 0 aliphatic heterocycles. The number of amides is 1. The Morgan fingerprint density at radius 2 is 2.47 bits per heavy atom. The van der Waals surface area contributed by atoms with Crippen LogP contribution in [0.5, 0.6) is 0 Å². The van der Waals surface area contributed by atoms with Crippen LogP contribution < -0.4 is 5.32 Å². The zero-order valence-corrected chi connectivity index (χ0v) is 10.3. The fourth-order valence-corrected chi connectivity index (χ4v) is 2.03. The number of H-pyrrole nitrogens is 1. The van der Waals surface area contributed by atoms with Crippen LogP contribution in [0.4, 0.5) is 0 Å². The number of rotatable bonds is 4. The van der Waals surface area contributed by atoms with E-state index >= 15 is 0 Å². The van der Waals surface area contributed by atoms with Gasteiger partial charge in [-0.3, -0.25) is 4.79 Å². The van der Waals surface area contributed by atoms with Crippen LogP contribution in [0.3, 0.4) is 0 Å². The average Bonchev–Trinajstić information content (AvgIpc) is 3.14. The SMILES string of the molecule is O=C(NCc1noc(-c2cccs2)n1)c1cn[nH]n1. The second-order valence-electron chi connectivity index (χ2n) is 3.53. The third-order valence-corrected chi connectivity index (χ3v) is 3.11. The third kappa shape index (κ3) is 2.50. The quantitative estimate of drug-likeness (QED) is 0.731. The van der Waals surface area contributed by atoms with E-state index in [9.17, 15) is 4.79 Å². The first-order valence-corrected chi connectivity index (χ1v) is 6.21. The number of carbonyl (C=O) groups is 1. The number of hydrogen-bond donors (Lipinski definition) is 2. The summed E-state index contributed by atoms with van der Waals surface area (Å²) < 4.78 is 5.10. The number of hydrogen-bond acceptors (Lipinski definition) is 7. The van der Waals surface area contributed by atoms with Gasteiger partial charge in [-0.1, -0.05) is 11.2 Å². The van der Waals surface area contributed by atoms with E-state index in [0.717, 1.165) is 4.88 Å². The summed E-state index contributed by atoms with van der Waals surface area (Å²) in [5.74, 6) is 0.497. The Balaban J connectivity index is 1.63. The highest BCUT2D eigenvalue weighted by Gasteiger charge is 2.12. The van der Waals surface area contributed by atoms with Crippen LogP contribution in [0.15, 0.2) is 28.2 Å². The predicted molar refractivity (Wildman–Crippen MR) is 65.2 cm³/mol. The van der Waals surface area contributed by atoms with Gasteiger partial charge in [0.1, 0.15) is 0 Å². The summed E-state index contributed by atoms with van der Waals surface area (Å²) in [6.45, 7) is 0.167. The molecule has 96 valence electrons. The Morgan fingerprint density at radius 3 is 3.21 bits per heavy atom. The first-order valence-electron chi connectivity index (χ1n) is 5.33. The van der Waals surface area contributed by atoms with Gasteiger partial charge in [-0.05, 0) is 11.4 Å². The average molecular weight is 276 g/mol. The van der Waals surface area contributed by atoms with Crippen molar-refractivity contribution in [2.75, 3.05) is 0 Å². The second kappa shape index (κ2) is 4.98. The summed E-state index contributed by atoms with van der Waals surface area (Å²) in [5.41, 5.74) is 0.210. The first kappa shape index (κ1) is 11.5. The van der Waals surface area contributed by atoms with E-state index in [-0.39, 0.29) is 18.1 Å². The largest absolute Gasteiger partial charge is 0.343 e. The Morgan fingerprint density at radius 1 is 1.53 bits per heavy atom. The van der Waals surface area contributed by atoms with Crippen molar-refractivity contribution in [3.8, 4) is 10.8 Å². The summed E-state index contributed by atoms with van der Waals surface area (Å²) in [6.07, 6.45) is 1.34. The van der Waals surface area contributed by atoms with Crippen LogP contribution in [0.1, 0.15) is 16.3 Å². The van der Waals surface area contributed by atoms with Gasteiger partial charge in [0.2, 0.25) is 0 Å². The number of carbonyl (C=O) groups excluding carboxylic acids is 1. The summed E-state index contributed by atoms with van der Waals surface area (Å²) in [5, 5.41) is 17.9. The molecule has 0 radical (unpaired) electrons. The summed E-state index contributed by atoms with van der Waals surface area (Å²) in [6, 6.07) is 3.78. The molecule has 0 saturated carbocycles. The first-order chi connectivity index (χ1) is 9.33. The summed E-state index contributed by atoms with van der Waals surface area (Å²) in [4.78, 5) is 16.7. The van der Waals surface area contributed by atoms with Crippen LogP contribution in [0, 0.1) is 0 Å². The van der Waals surface area contributed by atoms with Gasteiger partial charge >= 0.3 is 0 Å². The van der Waals surface area contributed by atoms with E-state index in [0.29, 0.717) is 11.7 Å². The molecule has 0 unspecified atom stereocenters. The van der Waals surface area contributed by atoms with E-state index < -0.39 is 0 Å². The summed E-state index contributed by atoms with van der Waals surface area (Å²) in [7, 11) is 0. The number of nitrogens with one attached hydrogen (secondary N) is 2. The van der Waals surface area contributed by atoms with Crippen LogP contribution in [0.2, 0.25) is 0 Å². The molecule has 8 nitrogen and oxygen atoms in total. The van der Waals surface area contributed by atoms with Crippen LogP contribution in [-0.4, -0.2) is 31.5 Å². The predicted octanol–water partition coefficient (Wildman–Crippen LogP) is 0.846. The molecule has 0 fully saturated rings. The van der Waals surface area contributed by atoms with E-state index in [1.165, 1.54) is 17.5 Å². The highest BCUT2D eigenvalue weighted by Crippen LogP contribution is 2.22. The number of nitrogens with zero attached hydrogens (tertiary/aromatic N) is 4. The van der Waals surface area contributed by atoms with Crippen molar-refractivity contribution >= 4 is 17.2 Å². The fourth-order valence-electron chi connectivity index (χ4n) is 1.39. The standard InChI is InChI=1S/C10H8N6O2S/c17-9(6-4-12-16-14-6)11-5-8-13-10(18-15-8)7-2-1-3-19-7/h1-4H,5H2,(H,11,17)(H,12,14,16). The maximum absolute atomic E-state index is 11.6. The van der Waals surface area contributed by atoms with Gasteiger partial charge in [0.15, 0.2) is 11.5 Å². The summed E-state index contributed by atoms with van der Waals surface area (Å²) >= 11 is 1.51. The molecule has 3 aromatic rings. The van der Waals surface area contributed by atoms with Crippen molar-refractivity contribution in [3.63, 3.8) is 0 Å². The molecular formula is C10H8N6O2S. The monoisotopic (exact) mass is 276 g/mol. The van der Waals surface area contributed by atoms with Gasteiger partial charge < -0.3 is 9.84 Å². The smallest absolute Gasteiger partial charge is 0.273 e. The maximum atomic E-state index is 11.6. The van der Waals surface area contributed by atoms with Gasteiger partial charge in [-0.15, -0.1) is 11.3 Å². The van der Waals surface area contributed by atoms with Gasteiger partial charge in [0.25, 0.3) is 11.8 Å². The molecule has 0 spiro atoms. The van der Waals surface area contributed by atoms with Crippen molar-refractivity contribution in [1.82, 2.24) is 30.9 Å². The Hall–Kier alpha value is -2.55. The van der Waals surface area contributed by atoms with E-state index in [2.05, 4.69) is 30.9 Å². The molecule has 1 amide bonds. The zero-order valence-electron chi connectivity index (χ0n) is 9.53. The van der Waals surface area contributed by atoms with Crippen LogP contribution in [0.25, 0.3) is 10.8 Å². The molecule has 0 aliphatic carbocycles. The molecule has 19 heavy (non-hydrogen) atoms. The molecule has 3 rings (SSSR count). The topological polar surface area (TPSA) is 110 Å². The Labute approximate surface area is 110 Å². The molecular weight excluding hydrogens is 268 g/mol. The van der Waals surface area contributed by atoms with Crippen molar-refractivity contribution in [3.05, 3.63) is 35.2 Å². The highest BCUT2D eigenvalue weighted by atomic mass is 32.1. The molecule has 9 heteroatoms. The van der Waals surface area contributed by atoms with Crippen molar-refractivity contribution in [2.24, 2.45) is 0 Å². The van der Waals surface area contributed by atoms with Gasteiger partial charge in [-0.2, -0.15) is 20.4 Å². The maximum Gasteiger partial charge on any atom is 0.273 e. The normalized spacial score (nSPS) is 10.5. The lowest BCUT2D eigenvalue weighted by Crippen LogP contribution is -2.23. The van der Waals surface area contributed by atoms with Crippen LogP contribution >= 0.6 is 11.3 Å². The molecule has 2 N–H and O–H groups in total. The van der Waals surface area contributed by atoms with E-state index in [1.807, 2.05) is 17.5 Å². The molecule has 0 atom stereocenters. The molecule has 0 saturated heterocycles. The number of thiophene rings is 1. The lowest BCUT2D eigenvalue weighted by Gasteiger charge is -1.96. The van der Waals surface area contributed by atoms with Gasteiger partial charge in [-0.25, -0.2) is 0 Å². The van der Waals surface area contributed by atoms with E-state index in [1.54, 1.807) is 0 Å². The minimum absolute atomic E-state index is 0.167. The van der Waals surface area contributed by atoms with Crippen molar-refractivity contribution in [2.45, 2.75) is 6.54 Å². The highest BCUT2D eigenvalue weighted by molar-refractivity contribution is 7.13. The molecule has 0 aromatic carbocycles. The fraction of sp³-hybridized carbons (Fsp3) is 0.100. The second-order valence-corrected chi connectivity index (χ2v) is 4.48. The third-order valence-electron chi connectivity index (χ3n) is 2.25. The lowest BCUT2D eigenvalue weighted by atomic mass is 10.4. The van der Waals surface area contributed by atoms with Crippen molar-refractivity contribution < 1.29 is 9.32 Å². The zero-order chi connectivity index (χ0) is 13.1. The molecule has 3 aromatic heterocycles. The Kier molecular flexibility index (Phi) is 3.02. The van der Waals surface area contributed by atoms with E-state index in [4.69, 9.17) is 4.52 Å². The minimum Gasteiger partial charge on any atom is -0.343 e. The lowest BCUT2D eigenvalue weighted by molar-refractivity contribution is 0.0944. The Bertz CT molecular complexity index is 660. The van der Waals surface area contributed by atoms with Crippen molar-refractivity contribution in [1.29, 1.82) is 0 Å². The van der Waals surface area contributed by atoms with Gasteiger partial charge in [0.05, 0.1) is 17.6 Å². The van der Waals surface area contributed by atoms with Gasteiger partial charge in [0, 0.05) is 0 Å². The molecule has 0 aliphatic rings. The van der Waals surface area contributed by atoms with Crippen LogP contribution in [-0.2, 0) is 6.54 Å². The minimum atomic E-state index is -0.351. The number of aromatic nitrogens is 5.